The van der Waals surface area contributed by atoms with Crippen molar-refractivity contribution in [3.63, 3.8) is 0 Å². The molecular weight excluding hydrogens is 272 g/mol. The topological polar surface area (TPSA) is 188 Å². The van der Waals surface area contributed by atoms with Crippen molar-refractivity contribution in [2.24, 2.45) is 11.5 Å². The van der Waals surface area contributed by atoms with Gasteiger partial charge in [-0.1, -0.05) is 0 Å². The van der Waals surface area contributed by atoms with E-state index in [2.05, 4.69) is 5.32 Å². The number of aliphatic hydroxyl groups excluding tert-OH is 2. The number of nitrogens with one attached hydrogen (secondary N) is 2. The van der Waals surface area contributed by atoms with Crippen LogP contribution in [0.4, 0.5) is 0 Å². The lowest BCUT2D eigenvalue weighted by Gasteiger charge is -2.23. The Labute approximate surface area is 115 Å². The van der Waals surface area contributed by atoms with Crippen LogP contribution in [-0.2, 0) is 14.4 Å². The minimum absolute atomic E-state index is 0.158. The first-order valence-corrected chi connectivity index (χ1v) is 5.82. The largest absolute Gasteiger partial charge is 0.480 e. The number of carboxylic acid groups (broad SMARTS) is 1. The Hall–Kier alpha value is -1.75. The van der Waals surface area contributed by atoms with Crippen molar-refractivity contribution >= 4 is 17.8 Å². The summed E-state index contributed by atoms with van der Waals surface area (Å²) >= 11 is 0. The van der Waals surface area contributed by atoms with Crippen molar-refractivity contribution in [1.82, 2.24) is 10.6 Å². The van der Waals surface area contributed by atoms with Gasteiger partial charge in [0.25, 0.3) is 0 Å². The van der Waals surface area contributed by atoms with Gasteiger partial charge >= 0.3 is 5.97 Å². The molecule has 4 atom stereocenters. The molecule has 0 heterocycles. The van der Waals surface area contributed by atoms with E-state index in [1.807, 2.05) is 5.32 Å². The van der Waals surface area contributed by atoms with Gasteiger partial charge in [0.15, 0.2) is 0 Å². The summed E-state index contributed by atoms with van der Waals surface area (Å²) in [6.45, 7) is 0.242. The predicted octanol–water partition coefficient (Wildman–Crippen LogP) is -4.30. The molecule has 0 aromatic carbocycles. The molecule has 0 bridgehead atoms. The molecule has 0 spiro atoms. The summed E-state index contributed by atoms with van der Waals surface area (Å²) in [5.74, 6) is -3.17. The van der Waals surface area contributed by atoms with E-state index in [9.17, 15) is 19.5 Å². The molecule has 0 aromatic rings. The summed E-state index contributed by atoms with van der Waals surface area (Å²) in [7, 11) is 0. The number of nitrogens with two attached hydrogens (primary N) is 2. The summed E-state index contributed by atoms with van der Waals surface area (Å²) in [5.41, 5.74) is 10.5. The Morgan fingerprint density at radius 1 is 1.20 bits per heavy atom. The van der Waals surface area contributed by atoms with Crippen LogP contribution in [0.1, 0.15) is 6.92 Å². The van der Waals surface area contributed by atoms with Crippen molar-refractivity contribution in [2.75, 3.05) is 13.2 Å². The molecule has 20 heavy (non-hydrogen) atoms. The van der Waals surface area contributed by atoms with Crippen LogP contribution in [0, 0.1) is 0 Å². The number of aliphatic hydroxyl groups is 2. The van der Waals surface area contributed by atoms with Crippen molar-refractivity contribution in [3.05, 3.63) is 0 Å². The molecule has 0 aliphatic carbocycles. The average Bonchev–Trinajstić information content (AvgIpc) is 2.39. The highest BCUT2D eigenvalue weighted by atomic mass is 16.4. The molecule has 0 saturated carbocycles. The Balaban J connectivity index is 4.79. The standard InChI is InChI=1S/C10H20N4O6/c1-4(16)7(14-8(17)5(12)2-11)9(18)13-6(3-15)10(19)20/h4-7,15-16H,2-3,11-12H2,1H3,(H,13,18)(H,14,17)(H,19,20)/t4-,5+,6-,7+/m1/s1. The van der Waals surface area contributed by atoms with Crippen molar-refractivity contribution in [2.45, 2.75) is 31.2 Å². The number of carbonyl (C=O) groups is 3. The number of carbonyl (C=O) groups excluding carboxylic acids is 2. The van der Waals surface area contributed by atoms with Gasteiger partial charge in [-0.2, -0.15) is 0 Å². The second-order valence-corrected chi connectivity index (χ2v) is 4.15. The van der Waals surface area contributed by atoms with Crippen LogP contribution in [0.25, 0.3) is 0 Å². The number of aliphatic carboxylic acids is 1. The monoisotopic (exact) mass is 292 g/mol. The molecule has 0 aliphatic rings. The third-order valence-corrected chi connectivity index (χ3v) is 2.45. The first-order chi connectivity index (χ1) is 9.24. The highest BCUT2D eigenvalue weighted by Gasteiger charge is 2.30. The normalized spacial score (nSPS) is 16.6. The van der Waals surface area contributed by atoms with Gasteiger partial charge in [0, 0.05) is 6.54 Å². The number of hydrogen-bond donors (Lipinski definition) is 7. The van der Waals surface area contributed by atoms with Crippen LogP contribution >= 0.6 is 0 Å². The molecule has 10 nitrogen and oxygen atoms in total. The third-order valence-electron chi connectivity index (χ3n) is 2.45. The van der Waals surface area contributed by atoms with Gasteiger partial charge in [0.1, 0.15) is 12.1 Å². The van der Waals surface area contributed by atoms with E-state index in [1.54, 1.807) is 0 Å². The van der Waals surface area contributed by atoms with Gasteiger partial charge in [-0.25, -0.2) is 4.79 Å². The number of carboxylic acids is 1. The van der Waals surface area contributed by atoms with E-state index in [-0.39, 0.29) is 6.54 Å². The van der Waals surface area contributed by atoms with Crippen molar-refractivity contribution in [1.29, 1.82) is 0 Å². The lowest BCUT2D eigenvalue weighted by atomic mass is 10.1. The molecule has 0 radical (unpaired) electrons. The maximum Gasteiger partial charge on any atom is 0.328 e. The fourth-order valence-corrected chi connectivity index (χ4v) is 1.22. The first kappa shape index (κ1) is 18.2. The van der Waals surface area contributed by atoms with Gasteiger partial charge < -0.3 is 37.4 Å². The molecule has 0 aromatic heterocycles. The van der Waals surface area contributed by atoms with Crippen molar-refractivity contribution < 1.29 is 29.7 Å². The van der Waals surface area contributed by atoms with Gasteiger partial charge in [0.05, 0.1) is 18.8 Å². The molecular formula is C10H20N4O6. The van der Waals surface area contributed by atoms with E-state index in [0.717, 1.165) is 0 Å². The van der Waals surface area contributed by atoms with Crippen LogP contribution in [0.15, 0.2) is 0 Å². The third kappa shape index (κ3) is 5.48. The second-order valence-electron chi connectivity index (χ2n) is 4.15. The number of rotatable bonds is 8. The van der Waals surface area contributed by atoms with Gasteiger partial charge in [-0.3, -0.25) is 9.59 Å². The quantitative estimate of drug-likeness (QED) is 0.234. The predicted molar refractivity (Wildman–Crippen MR) is 67.3 cm³/mol. The Morgan fingerprint density at radius 3 is 2.10 bits per heavy atom. The molecule has 116 valence electrons. The van der Waals surface area contributed by atoms with Crippen LogP contribution in [0.5, 0.6) is 0 Å². The smallest absolute Gasteiger partial charge is 0.328 e. The van der Waals surface area contributed by atoms with Crippen LogP contribution < -0.4 is 22.1 Å². The lowest BCUT2D eigenvalue weighted by Crippen LogP contribution is -2.59. The second kappa shape index (κ2) is 8.43. The summed E-state index contributed by atoms with van der Waals surface area (Å²) < 4.78 is 0. The van der Waals surface area contributed by atoms with E-state index >= 15 is 0 Å². The summed E-state index contributed by atoms with van der Waals surface area (Å²) in [6, 6.07) is -4.01. The molecule has 0 aliphatic heterocycles. The maximum absolute atomic E-state index is 11.8. The summed E-state index contributed by atoms with van der Waals surface area (Å²) in [5, 5.41) is 31.1. The maximum atomic E-state index is 11.8. The fourth-order valence-electron chi connectivity index (χ4n) is 1.22. The fraction of sp³-hybridized carbons (Fsp3) is 0.700. The summed E-state index contributed by atoms with van der Waals surface area (Å²) in [6.07, 6.45) is -1.29. The van der Waals surface area contributed by atoms with Gasteiger partial charge in [-0.05, 0) is 6.92 Å². The molecule has 0 saturated heterocycles. The highest BCUT2D eigenvalue weighted by molar-refractivity contribution is 5.92. The molecule has 0 rings (SSSR count). The number of amides is 2. The highest BCUT2D eigenvalue weighted by Crippen LogP contribution is 1.96. The Kier molecular flexibility index (Phi) is 7.69. The molecule has 10 heteroatoms. The molecule has 0 fully saturated rings. The van der Waals surface area contributed by atoms with Crippen LogP contribution in [-0.4, -0.2) is 70.5 Å². The minimum Gasteiger partial charge on any atom is -0.480 e. The number of hydrogen-bond acceptors (Lipinski definition) is 7. The van der Waals surface area contributed by atoms with E-state index in [4.69, 9.17) is 21.7 Å². The molecule has 9 N–H and O–H groups in total. The van der Waals surface area contributed by atoms with E-state index < -0.39 is 48.6 Å². The minimum atomic E-state index is -1.54. The zero-order valence-corrected chi connectivity index (χ0v) is 10.9. The Bertz CT molecular complexity index is 362. The van der Waals surface area contributed by atoms with E-state index in [1.165, 1.54) is 6.92 Å². The van der Waals surface area contributed by atoms with Gasteiger partial charge in [0.2, 0.25) is 11.8 Å². The summed E-state index contributed by atoms with van der Waals surface area (Å²) in [4.78, 5) is 34.0. The Morgan fingerprint density at radius 2 is 1.75 bits per heavy atom. The van der Waals surface area contributed by atoms with Crippen molar-refractivity contribution in [3.8, 4) is 0 Å². The van der Waals surface area contributed by atoms with Crippen LogP contribution in [0.3, 0.4) is 0 Å². The van der Waals surface area contributed by atoms with Gasteiger partial charge in [-0.15, -0.1) is 0 Å². The van der Waals surface area contributed by atoms with Crippen LogP contribution in [0.2, 0.25) is 0 Å². The van der Waals surface area contributed by atoms with E-state index in [0.29, 0.717) is 0 Å². The first-order valence-electron chi connectivity index (χ1n) is 5.82. The SMILES string of the molecule is C[C@@H](O)[C@H](NC(=O)[C@@H](N)CN)C(=O)N[C@H](CO)C(=O)O. The molecule has 2 amide bonds. The lowest BCUT2D eigenvalue weighted by molar-refractivity contribution is -0.144. The molecule has 0 unspecified atom stereocenters. The zero-order chi connectivity index (χ0) is 15.9. The average molecular weight is 292 g/mol. The zero-order valence-electron chi connectivity index (χ0n) is 10.9.